The van der Waals surface area contributed by atoms with Gasteiger partial charge in [0.15, 0.2) is 0 Å². The zero-order valence-electron chi connectivity index (χ0n) is 12.3. The van der Waals surface area contributed by atoms with Crippen molar-refractivity contribution in [3.8, 4) is 0 Å². The maximum atomic E-state index is 10.5. The summed E-state index contributed by atoms with van der Waals surface area (Å²) in [7, 11) is 0. The summed E-state index contributed by atoms with van der Waals surface area (Å²) in [5.74, 6) is 0.143. The number of benzene rings is 2. The molecule has 0 unspecified atom stereocenters. The van der Waals surface area contributed by atoms with Crippen molar-refractivity contribution in [3.05, 3.63) is 69.7 Å². The molecule has 1 aliphatic heterocycles. The van der Waals surface area contributed by atoms with Crippen LogP contribution in [0.1, 0.15) is 36.6 Å². The summed E-state index contributed by atoms with van der Waals surface area (Å²) >= 11 is 11.9. The van der Waals surface area contributed by atoms with Crippen LogP contribution in [0.15, 0.2) is 48.5 Å². The molecule has 3 rings (SSSR count). The Hall–Kier alpha value is -1.06. The summed E-state index contributed by atoms with van der Waals surface area (Å²) in [5.41, 5.74) is 2.30. The lowest BCUT2D eigenvalue weighted by molar-refractivity contribution is 0.0402. The van der Waals surface area contributed by atoms with Crippen LogP contribution in [0.25, 0.3) is 0 Å². The minimum atomic E-state index is -0.345. The fraction of sp³-hybridized carbons (Fsp3) is 0.333. The molecule has 1 heterocycles. The Morgan fingerprint density at radius 2 is 1.41 bits per heavy atom. The zero-order valence-corrected chi connectivity index (χ0v) is 13.9. The molecule has 0 radical (unpaired) electrons. The van der Waals surface area contributed by atoms with Gasteiger partial charge >= 0.3 is 0 Å². The molecular weight excluding hydrogens is 317 g/mol. The van der Waals surface area contributed by atoms with Gasteiger partial charge in [0.1, 0.15) is 0 Å². The Labute approximate surface area is 141 Å². The van der Waals surface area contributed by atoms with E-state index in [0.717, 1.165) is 21.2 Å². The van der Waals surface area contributed by atoms with E-state index < -0.39 is 0 Å². The first kappa shape index (κ1) is 15.8. The van der Waals surface area contributed by atoms with E-state index >= 15 is 0 Å². The largest absolute Gasteiger partial charge is 0.393 e. The van der Waals surface area contributed by atoms with Gasteiger partial charge in [0.05, 0.1) is 6.10 Å². The maximum Gasteiger partial charge on any atom is 0.0602 e. The highest BCUT2D eigenvalue weighted by Gasteiger charge is 2.34. The van der Waals surface area contributed by atoms with Gasteiger partial charge in [0.25, 0.3) is 0 Å². The summed E-state index contributed by atoms with van der Waals surface area (Å²) < 4.78 is 0. The van der Waals surface area contributed by atoms with Gasteiger partial charge in [0.2, 0.25) is 0 Å². The standard InChI is InChI=1S/C18H19Cl2NO/c1-11-17(22)10-16(12-2-6-14(19)7-3-12)21-18(11)13-4-8-15(20)9-5-13/h2-9,11,16-18,21-22H,10H2,1H3/t11-,16-,17-,18+/m1/s1. The molecule has 116 valence electrons. The van der Waals surface area contributed by atoms with Crippen molar-refractivity contribution in [1.82, 2.24) is 5.32 Å². The molecule has 1 aliphatic rings. The van der Waals surface area contributed by atoms with E-state index in [-0.39, 0.29) is 24.1 Å². The van der Waals surface area contributed by atoms with Crippen molar-refractivity contribution in [2.24, 2.45) is 5.92 Å². The van der Waals surface area contributed by atoms with Crippen molar-refractivity contribution < 1.29 is 5.11 Å². The molecule has 0 aromatic heterocycles. The average Bonchev–Trinajstić information content (AvgIpc) is 2.52. The third kappa shape index (κ3) is 3.31. The first-order valence-electron chi connectivity index (χ1n) is 7.49. The van der Waals surface area contributed by atoms with Crippen LogP contribution < -0.4 is 5.32 Å². The fourth-order valence-corrected chi connectivity index (χ4v) is 3.36. The lowest BCUT2D eigenvalue weighted by Crippen LogP contribution is -2.43. The second-order valence-corrected chi connectivity index (χ2v) is 6.84. The van der Waals surface area contributed by atoms with Gasteiger partial charge in [-0.15, -0.1) is 0 Å². The molecule has 0 spiro atoms. The Balaban J connectivity index is 1.86. The topological polar surface area (TPSA) is 32.3 Å². The summed E-state index contributed by atoms with van der Waals surface area (Å²) in [4.78, 5) is 0. The Kier molecular flexibility index (Phi) is 4.74. The van der Waals surface area contributed by atoms with E-state index in [0.29, 0.717) is 6.42 Å². The Bertz CT molecular complexity index is 627. The van der Waals surface area contributed by atoms with Gasteiger partial charge in [-0.1, -0.05) is 54.4 Å². The van der Waals surface area contributed by atoms with Crippen molar-refractivity contribution in [2.45, 2.75) is 31.5 Å². The van der Waals surface area contributed by atoms with Crippen molar-refractivity contribution in [1.29, 1.82) is 0 Å². The van der Waals surface area contributed by atoms with Crippen LogP contribution in [0.4, 0.5) is 0 Å². The monoisotopic (exact) mass is 335 g/mol. The minimum Gasteiger partial charge on any atom is -0.393 e. The lowest BCUT2D eigenvalue weighted by Gasteiger charge is -2.40. The smallest absolute Gasteiger partial charge is 0.0602 e. The average molecular weight is 336 g/mol. The molecule has 0 bridgehead atoms. The first-order valence-corrected chi connectivity index (χ1v) is 8.25. The van der Waals surface area contributed by atoms with Crippen LogP contribution in [0.3, 0.4) is 0 Å². The normalized spacial score (nSPS) is 28.5. The minimum absolute atomic E-state index is 0.0988. The highest BCUT2D eigenvalue weighted by Crippen LogP contribution is 2.37. The Morgan fingerprint density at radius 3 is 1.95 bits per heavy atom. The zero-order chi connectivity index (χ0) is 15.7. The number of rotatable bonds is 2. The van der Waals surface area contributed by atoms with E-state index in [1.54, 1.807) is 0 Å². The van der Waals surface area contributed by atoms with Crippen LogP contribution in [0.5, 0.6) is 0 Å². The van der Waals surface area contributed by atoms with Crippen molar-refractivity contribution >= 4 is 23.2 Å². The highest BCUT2D eigenvalue weighted by atomic mass is 35.5. The summed E-state index contributed by atoms with van der Waals surface area (Å²) in [6.45, 7) is 2.08. The van der Waals surface area contributed by atoms with Crippen LogP contribution in [0, 0.1) is 5.92 Å². The molecular formula is C18H19Cl2NO. The molecule has 22 heavy (non-hydrogen) atoms. The molecule has 2 aromatic rings. The second kappa shape index (κ2) is 6.59. The van der Waals surface area contributed by atoms with Gasteiger partial charge < -0.3 is 10.4 Å². The predicted molar refractivity (Wildman–Crippen MR) is 91.3 cm³/mol. The van der Waals surface area contributed by atoms with Gasteiger partial charge in [-0.25, -0.2) is 0 Å². The molecule has 4 heteroatoms. The second-order valence-electron chi connectivity index (χ2n) is 5.96. The van der Waals surface area contributed by atoms with Gasteiger partial charge in [-0.05, 0) is 41.8 Å². The summed E-state index contributed by atoms with van der Waals surface area (Å²) in [6, 6.07) is 15.9. The third-order valence-electron chi connectivity index (χ3n) is 4.49. The van der Waals surface area contributed by atoms with Crippen molar-refractivity contribution in [2.75, 3.05) is 0 Å². The van der Waals surface area contributed by atoms with E-state index in [4.69, 9.17) is 23.2 Å². The number of nitrogens with one attached hydrogen (secondary N) is 1. The Morgan fingerprint density at radius 1 is 0.909 bits per heavy atom. The third-order valence-corrected chi connectivity index (χ3v) is 5.00. The van der Waals surface area contributed by atoms with Gasteiger partial charge in [-0.3, -0.25) is 0 Å². The molecule has 2 aromatic carbocycles. The lowest BCUT2D eigenvalue weighted by atomic mass is 9.81. The number of aliphatic hydroxyl groups excluding tert-OH is 1. The molecule has 1 fully saturated rings. The number of hydrogen-bond acceptors (Lipinski definition) is 2. The van der Waals surface area contributed by atoms with Gasteiger partial charge in [-0.2, -0.15) is 0 Å². The number of hydrogen-bond donors (Lipinski definition) is 2. The van der Waals surface area contributed by atoms with Crippen LogP contribution in [0.2, 0.25) is 10.0 Å². The van der Waals surface area contributed by atoms with Crippen molar-refractivity contribution in [3.63, 3.8) is 0 Å². The molecule has 0 aliphatic carbocycles. The van der Waals surface area contributed by atoms with E-state index in [2.05, 4.69) is 12.2 Å². The van der Waals surface area contributed by atoms with E-state index in [1.165, 1.54) is 0 Å². The van der Waals surface area contributed by atoms with Crippen LogP contribution >= 0.6 is 23.2 Å². The van der Waals surface area contributed by atoms with E-state index in [9.17, 15) is 5.11 Å². The molecule has 2 N–H and O–H groups in total. The van der Waals surface area contributed by atoms with Gasteiger partial charge in [0, 0.05) is 28.0 Å². The molecule has 0 saturated carbocycles. The van der Waals surface area contributed by atoms with Crippen LogP contribution in [-0.2, 0) is 0 Å². The highest BCUT2D eigenvalue weighted by molar-refractivity contribution is 6.30. The van der Waals surface area contributed by atoms with Crippen LogP contribution in [-0.4, -0.2) is 11.2 Å². The first-order chi connectivity index (χ1) is 10.5. The predicted octanol–water partition coefficient (Wildman–Crippen LogP) is 4.77. The summed E-state index contributed by atoms with van der Waals surface area (Å²) in [5, 5.41) is 15.6. The molecule has 2 nitrogen and oxygen atoms in total. The fourth-order valence-electron chi connectivity index (χ4n) is 3.11. The molecule has 0 amide bonds. The molecule has 4 atom stereocenters. The quantitative estimate of drug-likeness (QED) is 0.828. The number of piperidine rings is 1. The molecule has 1 saturated heterocycles. The van der Waals surface area contributed by atoms with E-state index in [1.807, 2.05) is 48.5 Å². The summed E-state index contributed by atoms with van der Waals surface area (Å²) in [6.07, 6.45) is 0.356. The SMILES string of the molecule is C[C@@H]1[C@H](O)C[C@H](c2ccc(Cl)cc2)N[C@@H]1c1ccc(Cl)cc1. The maximum absolute atomic E-state index is 10.5. The number of halogens is 2. The number of aliphatic hydroxyl groups is 1.